The van der Waals surface area contributed by atoms with Crippen molar-refractivity contribution in [2.75, 3.05) is 18.0 Å². The fourth-order valence-corrected chi connectivity index (χ4v) is 4.88. The number of aromatic carboxylic acids is 1. The summed E-state index contributed by atoms with van der Waals surface area (Å²) in [6.45, 7) is 7.75. The van der Waals surface area contributed by atoms with Gasteiger partial charge in [0.25, 0.3) is 11.8 Å². The molecule has 0 fully saturated rings. The second-order valence-electron chi connectivity index (χ2n) is 8.81. The molecule has 1 N–H and O–H groups in total. The van der Waals surface area contributed by atoms with Gasteiger partial charge in [0, 0.05) is 24.3 Å². The van der Waals surface area contributed by atoms with Gasteiger partial charge in [0.05, 0.1) is 16.7 Å². The lowest BCUT2D eigenvalue weighted by atomic mass is 9.80. The summed E-state index contributed by atoms with van der Waals surface area (Å²) in [5.74, 6) is -1.40. The summed E-state index contributed by atoms with van der Waals surface area (Å²) in [7, 11) is 0. The molecule has 0 saturated heterocycles. The molecule has 6 heteroatoms. The van der Waals surface area contributed by atoms with Crippen LogP contribution in [0.15, 0.2) is 42.5 Å². The second kappa shape index (κ2) is 7.27. The molecule has 0 radical (unpaired) electrons. The molecule has 2 amide bonds. The maximum atomic E-state index is 12.7. The Morgan fingerprint density at radius 2 is 1.77 bits per heavy atom. The van der Waals surface area contributed by atoms with E-state index < -0.39 is 11.9 Å². The lowest BCUT2D eigenvalue weighted by molar-refractivity contribution is 0.0651. The topological polar surface area (TPSA) is 77.9 Å². The lowest BCUT2D eigenvalue weighted by Gasteiger charge is -2.47. The average Bonchev–Trinajstić information content (AvgIpc) is 2.94. The van der Waals surface area contributed by atoms with Gasteiger partial charge in [-0.05, 0) is 62.4 Å². The Balaban J connectivity index is 1.49. The Hall–Kier alpha value is -3.15. The van der Waals surface area contributed by atoms with Crippen LogP contribution in [0.4, 0.5) is 5.69 Å². The van der Waals surface area contributed by atoms with Gasteiger partial charge in [-0.3, -0.25) is 14.5 Å². The summed E-state index contributed by atoms with van der Waals surface area (Å²) < 4.78 is 0. The number of anilines is 1. The highest BCUT2D eigenvalue weighted by atomic mass is 16.4. The van der Waals surface area contributed by atoms with Crippen LogP contribution in [0, 0.1) is 0 Å². The summed E-state index contributed by atoms with van der Waals surface area (Å²) in [4.78, 5) is 40.2. The Labute approximate surface area is 176 Å². The highest BCUT2D eigenvalue weighted by Crippen LogP contribution is 2.43. The van der Waals surface area contributed by atoms with Crippen LogP contribution in [-0.4, -0.2) is 46.4 Å². The first-order valence-electron chi connectivity index (χ1n) is 10.3. The minimum absolute atomic E-state index is 0.0116. The van der Waals surface area contributed by atoms with Crippen LogP contribution in [0.2, 0.25) is 0 Å². The molecule has 2 aliphatic rings. The van der Waals surface area contributed by atoms with E-state index in [1.807, 2.05) is 6.07 Å². The molecule has 2 aromatic carbocycles. The number of amides is 2. The van der Waals surface area contributed by atoms with E-state index in [1.165, 1.54) is 34.3 Å². The summed E-state index contributed by atoms with van der Waals surface area (Å²) in [6, 6.07) is 12.5. The number of carboxylic acids is 1. The van der Waals surface area contributed by atoms with E-state index in [0.29, 0.717) is 18.9 Å². The summed E-state index contributed by atoms with van der Waals surface area (Å²) in [5, 5.41) is 9.15. The molecule has 2 heterocycles. The van der Waals surface area contributed by atoms with Gasteiger partial charge in [-0.1, -0.05) is 25.1 Å². The number of carbonyl (C=O) groups excluding carboxylic acids is 2. The number of fused-ring (bicyclic) bond motifs is 2. The zero-order chi connectivity index (χ0) is 21.6. The third kappa shape index (κ3) is 3.26. The predicted octanol–water partition coefficient (Wildman–Crippen LogP) is 4.16. The van der Waals surface area contributed by atoms with E-state index in [0.717, 1.165) is 13.0 Å². The maximum absolute atomic E-state index is 12.7. The van der Waals surface area contributed by atoms with Crippen molar-refractivity contribution in [3.05, 3.63) is 64.7 Å². The Bertz CT molecular complexity index is 1040. The van der Waals surface area contributed by atoms with Crippen molar-refractivity contribution in [1.29, 1.82) is 0 Å². The van der Waals surface area contributed by atoms with Crippen LogP contribution in [0.1, 0.15) is 76.2 Å². The van der Waals surface area contributed by atoms with Crippen LogP contribution in [-0.2, 0) is 0 Å². The second-order valence-corrected chi connectivity index (χ2v) is 8.81. The van der Waals surface area contributed by atoms with Crippen molar-refractivity contribution < 1.29 is 19.5 Å². The Morgan fingerprint density at radius 3 is 2.50 bits per heavy atom. The van der Waals surface area contributed by atoms with Crippen LogP contribution >= 0.6 is 0 Å². The van der Waals surface area contributed by atoms with Crippen molar-refractivity contribution in [3.8, 4) is 0 Å². The molecule has 0 aromatic heterocycles. The molecule has 1 unspecified atom stereocenters. The highest BCUT2D eigenvalue weighted by Gasteiger charge is 2.38. The smallest absolute Gasteiger partial charge is 0.335 e. The maximum Gasteiger partial charge on any atom is 0.335 e. The molecule has 2 aliphatic heterocycles. The minimum atomic E-state index is -1.11. The molecule has 156 valence electrons. The van der Waals surface area contributed by atoms with Crippen LogP contribution in [0.3, 0.4) is 0 Å². The zero-order valence-corrected chi connectivity index (χ0v) is 17.5. The van der Waals surface area contributed by atoms with Crippen molar-refractivity contribution in [1.82, 2.24) is 4.90 Å². The quantitative estimate of drug-likeness (QED) is 0.755. The van der Waals surface area contributed by atoms with E-state index in [4.69, 9.17) is 5.11 Å². The van der Waals surface area contributed by atoms with E-state index in [9.17, 15) is 14.4 Å². The standard InChI is InChI=1S/C24H26N2O4/c1-15-14-24(2,3)26(20-8-5-4-7-17(15)20)12-6-11-25-21(27)18-10-9-16(23(29)30)13-19(18)22(25)28/h4-5,7-10,13,15H,6,11-12,14H2,1-3H3,(H,29,30). The number of rotatable bonds is 5. The fraction of sp³-hybridized carbons (Fsp3) is 0.375. The molecular weight excluding hydrogens is 380 g/mol. The van der Waals surface area contributed by atoms with Crippen molar-refractivity contribution in [2.45, 2.75) is 45.1 Å². The summed E-state index contributed by atoms with van der Waals surface area (Å²) >= 11 is 0. The molecule has 4 rings (SSSR count). The zero-order valence-electron chi connectivity index (χ0n) is 17.5. The normalized spacial score (nSPS) is 19.6. The van der Waals surface area contributed by atoms with Gasteiger partial charge in [0.1, 0.15) is 0 Å². The van der Waals surface area contributed by atoms with Crippen LogP contribution in [0.5, 0.6) is 0 Å². The number of hydrogen-bond donors (Lipinski definition) is 1. The molecule has 1 atom stereocenters. The number of imide groups is 1. The van der Waals surface area contributed by atoms with E-state index in [1.54, 1.807) is 0 Å². The molecule has 0 saturated carbocycles. The number of nitrogens with zero attached hydrogens (tertiary/aromatic N) is 2. The summed E-state index contributed by atoms with van der Waals surface area (Å²) in [5.41, 5.74) is 3.00. The van der Waals surface area contributed by atoms with Crippen LogP contribution in [0.25, 0.3) is 0 Å². The fourth-order valence-electron chi connectivity index (χ4n) is 4.88. The van der Waals surface area contributed by atoms with Gasteiger partial charge in [-0.15, -0.1) is 0 Å². The van der Waals surface area contributed by atoms with E-state index >= 15 is 0 Å². The summed E-state index contributed by atoms with van der Waals surface area (Å²) in [6.07, 6.45) is 1.68. The number of benzene rings is 2. The first-order chi connectivity index (χ1) is 14.2. The molecular formula is C24H26N2O4. The number of hydrogen-bond acceptors (Lipinski definition) is 4. The number of carboxylic acid groups (broad SMARTS) is 1. The molecule has 6 nitrogen and oxygen atoms in total. The van der Waals surface area contributed by atoms with Crippen molar-refractivity contribution in [2.24, 2.45) is 0 Å². The van der Waals surface area contributed by atoms with E-state index in [-0.39, 0.29) is 28.1 Å². The lowest BCUT2D eigenvalue weighted by Crippen LogP contribution is -2.49. The van der Waals surface area contributed by atoms with Gasteiger partial charge < -0.3 is 10.0 Å². The monoisotopic (exact) mass is 406 g/mol. The third-order valence-electron chi connectivity index (χ3n) is 6.28. The van der Waals surface area contributed by atoms with Gasteiger partial charge in [-0.2, -0.15) is 0 Å². The third-order valence-corrected chi connectivity index (χ3v) is 6.28. The molecule has 0 aliphatic carbocycles. The predicted molar refractivity (Wildman–Crippen MR) is 114 cm³/mol. The molecule has 0 bridgehead atoms. The van der Waals surface area contributed by atoms with Gasteiger partial charge >= 0.3 is 5.97 Å². The molecule has 0 spiro atoms. The SMILES string of the molecule is CC1CC(C)(C)N(CCCN2C(=O)c3ccc(C(=O)O)cc3C2=O)c2ccccc21. The van der Waals surface area contributed by atoms with Gasteiger partial charge in [-0.25, -0.2) is 4.79 Å². The van der Waals surface area contributed by atoms with Gasteiger partial charge in [0.2, 0.25) is 0 Å². The Morgan fingerprint density at radius 1 is 1.07 bits per heavy atom. The molecule has 2 aromatic rings. The average molecular weight is 406 g/mol. The largest absolute Gasteiger partial charge is 0.478 e. The van der Waals surface area contributed by atoms with Crippen LogP contribution < -0.4 is 4.90 Å². The number of para-hydroxylation sites is 1. The Kier molecular flexibility index (Phi) is 4.88. The van der Waals surface area contributed by atoms with Gasteiger partial charge in [0.15, 0.2) is 0 Å². The highest BCUT2D eigenvalue weighted by molar-refractivity contribution is 6.21. The first-order valence-corrected chi connectivity index (χ1v) is 10.3. The first kappa shape index (κ1) is 20.1. The minimum Gasteiger partial charge on any atom is -0.478 e. The number of carbonyl (C=O) groups is 3. The molecule has 30 heavy (non-hydrogen) atoms. The van der Waals surface area contributed by atoms with Crippen molar-refractivity contribution >= 4 is 23.5 Å². The van der Waals surface area contributed by atoms with E-state index in [2.05, 4.69) is 43.9 Å². The van der Waals surface area contributed by atoms with Crippen molar-refractivity contribution in [3.63, 3.8) is 0 Å².